The molecule has 0 N–H and O–H groups in total. The van der Waals surface area contributed by atoms with Gasteiger partial charge in [0.25, 0.3) is 0 Å². The first-order chi connectivity index (χ1) is 22.5. The minimum absolute atomic E-state index is 0.219. The van der Waals surface area contributed by atoms with E-state index >= 15 is 8.42 Å². The van der Waals surface area contributed by atoms with Crippen molar-refractivity contribution in [3.63, 3.8) is 0 Å². The van der Waals surface area contributed by atoms with Gasteiger partial charge in [-0.1, -0.05) is 113 Å². The van der Waals surface area contributed by atoms with Crippen LogP contribution in [0.1, 0.15) is 73.2 Å². The monoisotopic (exact) mass is 632 g/mol. The molecule has 2 unspecified atom stereocenters. The van der Waals surface area contributed by atoms with Gasteiger partial charge in [-0.05, 0) is 81.6 Å². The van der Waals surface area contributed by atoms with Gasteiger partial charge in [-0.3, -0.25) is 0 Å². The van der Waals surface area contributed by atoms with Crippen LogP contribution in [0.25, 0.3) is 34.0 Å². The van der Waals surface area contributed by atoms with Crippen LogP contribution in [0.4, 0.5) is 0 Å². The van der Waals surface area contributed by atoms with E-state index in [-0.39, 0.29) is 22.7 Å². The van der Waals surface area contributed by atoms with E-state index in [9.17, 15) is 0 Å². The molecule has 0 amide bonds. The zero-order valence-electron chi connectivity index (χ0n) is 27.0. The lowest BCUT2D eigenvalue weighted by Crippen LogP contribution is -2.28. The van der Waals surface area contributed by atoms with Gasteiger partial charge in [0.1, 0.15) is 0 Å². The Morgan fingerprint density at radius 3 is 1.34 bits per heavy atom. The maximum Gasteiger partial charge on any atom is 0.207 e. The van der Waals surface area contributed by atoms with Gasteiger partial charge in [0, 0.05) is 22.6 Å². The average molecular weight is 633 g/mol. The molecule has 4 nitrogen and oxygen atoms in total. The van der Waals surface area contributed by atoms with Crippen molar-refractivity contribution in [3.05, 3.63) is 155 Å². The lowest BCUT2D eigenvalue weighted by atomic mass is 9.68. The Balaban J connectivity index is 1.32. The van der Waals surface area contributed by atoms with Crippen molar-refractivity contribution in [2.24, 2.45) is 10.8 Å². The summed E-state index contributed by atoms with van der Waals surface area (Å²) in [7, 11) is -3.98. The number of benzene rings is 4. The molecule has 0 saturated heterocycles. The van der Waals surface area contributed by atoms with Crippen LogP contribution in [0, 0.1) is 10.8 Å². The van der Waals surface area contributed by atoms with Crippen molar-refractivity contribution >= 4 is 43.8 Å². The number of rotatable bonds is 4. The number of hydrogen-bond donors (Lipinski definition) is 0. The van der Waals surface area contributed by atoms with E-state index in [1.807, 2.05) is 72.8 Å². The van der Waals surface area contributed by atoms with Crippen molar-refractivity contribution in [3.8, 4) is 0 Å². The second-order valence-electron chi connectivity index (χ2n) is 14.1. The quantitative estimate of drug-likeness (QED) is 0.194. The molecule has 6 aromatic rings. The number of para-hydroxylation sites is 2. The first-order valence-corrected chi connectivity index (χ1v) is 17.6. The van der Waals surface area contributed by atoms with E-state index in [4.69, 9.17) is 9.97 Å². The number of hydrogen-bond acceptors (Lipinski definition) is 4. The summed E-state index contributed by atoms with van der Waals surface area (Å²) >= 11 is 0. The molecule has 0 radical (unpaired) electrons. The van der Waals surface area contributed by atoms with Gasteiger partial charge in [0.2, 0.25) is 9.84 Å². The van der Waals surface area contributed by atoms with Gasteiger partial charge < -0.3 is 0 Å². The molecule has 4 aromatic carbocycles. The van der Waals surface area contributed by atoms with E-state index in [0.29, 0.717) is 9.79 Å². The van der Waals surface area contributed by atoms with E-state index in [0.717, 1.165) is 55.4 Å². The third-order valence-electron chi connectivity index (χ3n) is 10.1. The fraction of sp³-hybridized carbons (Fsp3) is 0.190. The molecule has 8 rings (SSSR count). The average Bonchev–Trinajstić information content (AvgIpc) is 3.06. The highest BCUT2D eigenvalue weighted by atomic mass is 32.2. The second-order valence-corrected chi connectivity index (χ2v) is 16.0. The van der Waals surface area contributed by atoms with Crippen LogP contribution >= 0.6 is 0 Å². The summed E-state index contributed by atoms with van der Waals surface area (Å²) in [6, 6.07) is 35.7. The second kappa shape index (κ2) is 10.6. The molecule has 47 heavy (non-hydrogen) atoms. The van der Waals surface area contributed by atoms with Crippen LogP contribution in [-0.4, -0.2) is 18.4 Å². The SMILES string of the molecule is CC1(C)C=Cc2nc3ccccc3cc2C1c1ccccc1S(=O)(=O)c1ccccc1C1c2cc3ccccc3nc2C=CC1(C)C. The largest absolute Gasteiger partial charge is 0.248 e. The number of allylic oxidation sites excluding steroid dienone is 2. The predicted octanol–water partition coefficient (Wildman–Crippen LogP) is 9.99. The summed E-state index contributed by atoms with van der Waals surface area (Å²) < 4.78 is 30.3. The molecule has 0 bridgehead atoms. The van der Waals surface area contributed by atoms with Gasteiger partial charge in [0.15, 0.2) is 0 Å². The number of aromatic nitrogens is 2. The highest BCUT2D eigenvalue weighted by Gasteiger charge is 2.41. The molecule has 2 aliphatic rings. The van der Waals surface area contributed by atoms with Gasteiger partial charge in [-0.15, -0.1) is 0 Å². The fourth-order valence-corrected chi connectivity index (χ4v) is 9.53. The number of fused-ring (bicyclic) bond motifs is 4. The van der Waals surface area contributed by atoms with Crippen LogP contribution in [0.3, 0.4) is 0 Å². The van der Waals surface area contributed by atoms with Crippen LogP contribution in [-0.2, 0) is 9.84 Å². The first kappa shape index (κ1) is 29.5. The van der Waals surface area contributed by atoms with Crippen LogP contribution in [0.2, 0.25) is 0 Å². The standard InChI is InChI=1S/C42H36N2O2S/c1-41(2)23-21-35-31(25-27-13-5-9-17-33(27)43-35)39(41)29-15-7-11-19-37(29)47(45,46)38-20-12-8-16-30(38)40-32-26-28-14-6-10-18-34(28)44-36(32)22-24-42(40,3)4/h5-26,39-40H,1-4H3. The minimum atomic E-state index is -3.98. The number of pyridine rings is 2. The van der Waals surface area contributed by atoms with E-state index in [2.05, 4.69) is 76.3 Å². The molecule has 2 atom stereocenters. The smallest absolute Gasteiger partial charge is 0.207 e. The third kappa shape index (κ3) is 4.75. The van der Waals surface area contributed by atoms with Crippen molar-refractivity contribution in [2.45, 2.75) is 49.3 Å². The summed E-state index contributed by atoms with van der Waals surface area (Å²) in [5, 5.41) is 2.08. The molecule has 2 heterocycles. The third-order valence-corrected chi connectivity index (χ3v) is 12.0. The topological polar surface area (TPSA) is 59.9 Å². The van der Waals surface area contributed by atoms with Gasteiger partial charge in [-0.2, -0.15) is 0 Å². The Hall–Kier alpha value is -4.87. The molecule has 0 aliphatic heterocycles. The normalized spacial score (nSPS) is 19.4. The van der Waals surface area contributed by atoms with Gasteiger partial charge in [0.05, 0.1) is 32.2 Å². The van der Waals surface area contributed by atoms with Crippen LogP contribution < -0.4 is 0 Å². The number of nitrogens with zero attached hydrogens (tertiary/aromatic N) is 2. The zero-order chi connectivity index (χ0) is 32.6. The summed E-state index contributed by atoms with van der Waals surface area (Å²) in [5.74, 6) is -0.439. The lowest BCUT2D eigenvalue weighted by molar-refractivity contribution is 0.407. The van der Waals surface area contributed by atoms with Crippen molar-refractivity contribution < 1.29 is 8.42 Å². The molecule has 0 fully saturated rings. The highest BCUT2D eigenvalue weighted by Crippen LogP contribution is 2.52. The predicted molar refractivity (Wildman–Crippen MR) is 191 cm³/mol. The van der Waals surface area contributed by atoms with Crippen molar-refractivity contribution in [1.82, 2.24) is 9.97 Å². The van der Waals surface area contributed by atoms with Crippen molar-refractivity contribution in [2.75, 3.05) is 0 Å². The Morgan fingerprint density at radius 1 is 0.511 bits per heavy atom. The molecular formula is C42H36N2O2S. The van der Waals surface area contributed by atoms with Crippen molar-refractivity contribution in [1.29, 1.82) is 0 Å². The first-order valence-electron chi connectivity index (χ1n) is 16.2. The molecule has 232 valence electrons. The fourth-order valence-electron chi connectivity index (χ4n) is 7.79. The van der Waals surface area contributed by atoms with Gasteiger partial charge >= 0.3 is 0 Å². The van der Waals surface area contributed by atoms with Crippen LogP contribution in [0.5, 0.6) is 0 Å². The minimum Gasteiger partial charge on any atom is -0.248 e. The molecule has 2 aromatic heterocycles. The Bertz CT molecular complexity index is 2240. The summed E-state index contributed by atoms with van der Waals surface area (Å²) in [4.78, 5) is 10.7. The maximum atomic E-state index is 15.2. The Morgan fingerprint density at radius 2 is 0.894 bits per heavy atom. The Kier molecular flexibility index (Phi) is 6.65. The lowest BCUT2D eigenvalue weighted by Gasteiger charge is -2.38. The van der Waals surface area contributed by atoms with E-state index < -0.39 is 9.84 Å². The van der Waals surface area contributed by atoms with E-state index in [1.54, 1.807) is 12.1 Å². The maximum absolute atomic E-state index is 15.2. The van der Waals surface area contributed by atoms with Gasteiger partial charge in [-0.25, -0.2) is 18.4 Å². The van der Waals surface area contributed by atoms with Crippen LogP contribution in [0.15, 0.2) is 131 Å². The molecule has 5 heteroatoms. The van der Waals surface area contributed by atoms with E-state index in [1.165, 1.54) is 0 Å². The highest BCUT2D eigenvalue weighted by molar-refractivity contribution is 7.91. The number of sulfone groups is 1. The summed E-state index contributed by atoms with van der Waals surface area (Å²) in [5.41, 5.74) is 6.55. The Labute approximate surface area is 276 Å². The summed E-state index contributed by atoms with van der Waals surface area (Å²) in [6.45, 7) is 8.70. The summed E-state index contributed by atoms with van der Waals surface area (Å²) in [6.07, 6.45) is 8.51. The molecular weight excluding hydrogens is 597 g/mol. The molecule has 0 saturated carbocycles. The molecule has 2 aliphatic carbocycles. The molecule has 0 spiro atoms. The zero-order valence-corrected chi connectivity index (χ0v) is 27.8.